The molecule has 0 amide bonds. The molecule has 1 rings (SSSR count). The van der Waals surface area contributed by atoms with Gasteiger partial charge in [0, 0.05) is 6.54 Å². The number of amidine groups is 1. The van der Waals surface area contributed by atoms with E-state index in [9.17, 15) is 0 Å². The Balaban J connectivity index is 2.40. The summed E-state index contributed by atoms with van der Waals surface area (Å²) in [7, 11) is 0. The van der Waals surface area contributed by atoms with Crippen LogP contribution in [0.15, 0.2) is 5.16 Å². The third-order valence-corrected chi connectivity index (χ3v) is 3.77. The van der Waals surface area contributed by atoms with Crippen LogP contribution in [0.25, 0.3) is 0 Å². The van der Waals surface area contributed by atoms with Crippen LogP contribution in [-0.4, -0.2) is 23.6 Å². The lowest BCUT2D eigenvalue weighted by atomic mass is 9.67. The van der Waals surface area contributed by atoms with E-state index in [1.165, 1.54) is 25.7 Å². The van der Waals surface area contributed by atoms with Crippen LogP contribution >= 0.6 is 0 Å². The number of nitrogens with two attached hydrogens (primary N) is 1. The maximum atomic E-state index is 8.62. The van der Waals surface area contributed by atoms with Crippen molar-refractivity contribution in [3.05, 3.63) is 0 Å². The first kappa shape index (κ1) is 12.3. The number of nitrogens with one attached hydrogen (secondary N) is 1. The Kier molecular flexibility index (Phi) is 4.39. The van der Waals surface area contributed by atoms with Crippen molar-refractivity contribution in [1.29, 1.82) is 0 Å². The molecule has 1 atom stereocenters. The first-order chi connectivity index (χ1) is 7.17. The molecule has 0 bridgehead atoms. The zero-order valence-electron chi connectivity index (χ0n) is 9.79. The average Bonchev–Trinajstić information content (AvgIpc) is 2.21. The lowest BCUT2D eigenvalue weighted by Gasteiger charge is -2.42. The van der Waals surface area contributed by atoms with E-state index >= 15 is 0 Å². The lowest BCUT2D eigenvalue weighted by molar-refractivity contribution is 0.122. The van der Waals surface area contributed by atoms with Crippen LogP contribution < -0.4 is 11.1 Å². The highest BCUT2D eigenvalue weighted by Gasteiger charge is 2.35. The van der Waals surface area contributed by atoms with Crippen LogP contribution in [0.4, 0.5) is 0 Å². The van der Waals surface area contributed by atoms with Gasteiger partial charge in [-0.15, -0.1) is 0 Å². The van der Waals surface area contributed by atoms with Crippen molar-refractivity contribution in [1.82, 2.24) is 5.32 Å². The summed E-state index contributed by atoms with van der Waals surface area (Å²) < 4.78 is 0. The zero-order valence-corrected chi connectivity index (χ0v) is 9.79. The molecule has 0 aromatic carbocycles. The minimum atomic E-state index is 0.0130. The Morgan fingerprint density at radius 1 is 1.53 bits per heavy atom. The van der Waals surface area contributed by atoms with Crippen molar-refractivity contribution < 1.29 is 5.21 Å². The van der Waals surface area contributed by atoms with Crippen molar-refractivity contribution in [2.75, 3.05) is 6.54 Å². The highest BCUT2D eigenvalue weighted by Crippen LogP contribution is 2.43. The van der Waals surface area contributed by atoms with E-state index < -0.39 is 0 Å². The smallest absolute Gasteiger partial charge is 0.156 e. The minimum absolute atomic E-state index is 0.0130. The van der Waals surface area contributed by atoms with E-state index in [-0.39, 0.29) is 6.04 Å². The van der Waals surface area contributed by atoms with Gasteiger partial charge in [-0.25, -0.2) is 0 Å². The van der Waals surface area contributed by atoms with Crippen LogP contribution in [0.2, 0.25) is 0 Å². The van der Waals surface area contributed by atoms with Crippen molar-refractivity contribution >= 4 is 5.84 Å². The van der Waals surface area contributed by atoms with Crippen LogP contribution in [0.5, 0.6) is 0 Å². The first-order valence-electron chi connectivity index (χ1n) is 5.88. The van der Waals surface area contributed by atoms with Crippen LogP contribution in [0.1, 0.15) is 46.0 Å². The van der Waals surface area contributed by atoms with Gasteiger partial charge in [0.2, 0.25) is 0 Å². The summed E-state index contributed by atoms with van der Waals surface area (Å²) in [5, 5.41) is 15.1. The second kappa shape index (κ2) is 5.35. The van der Waals surface area contributed by atoms with Crippen LogP contribution in [0.3, 0.4) is 0 Å². The van der Waals surface area contributed by atoms with Gasteiger partial charge in [-0.05, 0) is 31.1 Å². The maximum absolute atomic E-state index is 8.62. The van der Waals surface area contributed by atoms with Gasteiger partial charge in [-0.2, -0.15) is 0 Å². The van der Waals surface area contributed by atoms with Crippen molar-refractivity contribution in [2.45, 2.75) is 52.0 Å². The molecule has 0 aliphatic heterocycles. The fourth-order valence-electron chi connectivity index (χ4n) is 2.20. The first-order valence-corrected chi connectivity index (χ1v) is 5.88. The Morgan fingerprint density at radius 3 is 2.53 bits per heavy atom. The Bertz CT molecular complexity index is 218. The van der Waals surface area contributed by atoms with Crippen molar-refractivity contribution in [3.63, 3.8) is 0 Å². The third-order valence-electron chi connectivity index (χ3n) is 3.77. The fourth-order valence-corrected chi connectivity index (χ4v) is 2.20. The number of hydrogen-bond donors (Lipinski definition) is 3. The summed E-state index contributed by atoms with van der Waals surface area (Å²) in [6, 6.07) is 0.0130. The van der Waals surface area contributed by atoms with E-state index in [0.29, 0.717) is 11.3 Å². The molecule has 4 N–H and O–H groups in total. The van der Waals surface area contributed by atoms with Crippen LogP contribution in [-0.2, 0) is 0 Å². The third kappa shape index (κ3) is 2.84. The van der Waals surface area contributed by atoms with E-state index in [0.717, 1.165) is 13.0 Å². The molecule has 0 radical (unpaired) electrons. The lowest BCUT2D eigenvalue weighted by Crippen LogP contribution is -2.48. The summed E-state index contributed by atoms with van der Waals surface area (Å²) in [6.07, 6.45) is 6.03. The summed E-state index contributed by atoms with van der Waals surface area (Å²) in [5.74, 6) is 0.295. The SMILES string of the molecule is CCC(NCC1(CC)CCC1)C(N)=NO. The van der Waals surface area contributed by atoms with Gasteiger partial charge in [0.05, 0.1) is 6.04 Å². The quantitative estimate of drug-likeness (QED) is 0.272. The topological polar surface area (TPSA) is 70.6 Å². The number of oxime groups is 1. The van der Waals surface area contributed by atoms with Crippen molar-refractivity contribution in [2.24, 2.45) is 16.3 Å². The monoisotopic (exact) mass is 213 g/mol. The van der Waals surface area contributed by atoms with Gasteiger partial charge in [-0.3, -0.25) is 0 Å². The molecule has 88 valence electrons. The molecule has 1 fully saturated rings. The van der Waals surface area contributed by atoms with Gasteiger partial charge in [0.1, 0.15) is 0 Å². The summed E-state index contributed by atoms with van der Waals surface area (Å²) in [6.45, 7) is 5.26. The number of hydrogen-bond acceptors (Lipinski definition) is 3. The minimum Gasteiger partial charge on any atom is -0.409 e. The Morgan fingerprint density at radius 2 is 2.20 bits per heavy atom. The highest BCUT2D eigenvalue weighted by molar-refractivity contribution is 5.85. The largest absolute Gasteiger partial charge is 0.409 e. The standard InChI is InChI=1S/C11H23N3O/c1-3-9(10(12)14-15)13-8-11(4-2)6-5-7-11/h9,13,15H,3-8H2,1-2H3,(H2,12,14). The maximum Gasteiger partial charge on any atom is 0.156 e. The predicted molar refractivity (Wildman–Crippen MR) is 62.1 cm³/mol. The van der Waals surface area contributed by atoms with Gasteiger partial charge < -0.3 is 16.3 Å². The van der Waals surface area contributed by atoms with E-state index in [4.69, 9.17) is 10.9 Å². The molecular formula is C11H23N3O. The number of nitrogens with zero attached hydrogens (tertiary/aromatic N) is 1. The molecule has 1 aliphatic rings. The number of rotatable bonds is 6. The molecule has 0 aromatic rings. The molecule has 0 heterocycles. The zero-order chi connectivity index (χ0) is 11.3. The molecule has 15 heavy (non-hydrogen) atoms. The van der Waals surface area contributed by atoms with Gasteiger partial charge in [-0.1, -0.05) is 25.4 Å². The normalized spacial score (nSPS) is 22.1. The Hall–Kier alpha value is -0.770. The summed E-state index contributed by atoms with van der Waals surface area (Å²) >= 11 is 0. The van der Waals surface area contributed by atoms with Crippen molar-refractivity contribution in [3.8, 4) is 0 Å². The van der Waals surface area contributed by atoms with Gasteiger partial charge in [0.15, 0.2) is 5.84 Å². The van der Waals surface area contributed by atoms with E-state index in [1.54, 1.807) is 0 Å². The molecule has 0 saturated heterocycles. The summed E-state index contributed by atoms with van der Waals surface area (Å²) in [4.78, 5) is 0. The average molecular weight is 213 g/mol. The molecule has 1 aliphatic carbocycles. The molecule has 4 heteroatoms. The predicted octanol–water partition coefficient (Wildman–Crippen LogP) is 1.68. The molecule has 4 nitrogen and oxygen atoms in total. The van der Waals surface area contributed by atoms with E-state index in [2.05, 4.69) is 17.4 Å². The fraction of sp³-hybridized carbons (Fsp3) is 0.909. The second-order valence-electron chi connectivity index (χ2n) is 4.57. The van der Waals surface area contributed by atoms with Gasteiger partial charge >= 0.3 is 0 Å². The molecule has 1 unspecified atom stereocenters. The molecule has 1 saturated carbocycles. The molecule has 0 spiro atoms. The van der Waals surface area contributed by atoms with Crippen LogP contribution in [0, 0.1) is 5.41 Å². The van der Waals surface area contributed by atoms with Gasteiger partial charge in [0.25, 0.3) is 0 Å². The Labute approximate surface area is 91.9 Å². The van der Waals surface area contributed by atoms with E-state index in [1.807, 2.05) is 6.92 Å². The molecule has 0 aromatic heterocycles. The summed E-state index contributed by atoms with van der Waals surface area (Å²) in [5.41, 5.74) is 6.07. The molecular weight excluding hydrogens is 190 g/mol. The second-order valence-corrected chi connectivity index (χ2v) is 4.57. The highest BCUT2D eigenvalue weighted by atomic mass is 16.4.